The zero-order valence-electron chi connectivity index (χ0n) is 13.3. The highest BCUT2D eigenvalue weighted by Crippen LogP contribution is 2.39. The first-order chi connectivity index (χ1) is 9.56. The lowest BCUT2D eigenvalue weighted by molar-refractivity contribution is -0.0461. The van der Waals surface area contributed by atoms with Gasteiger partial charge in [0.05, 0.1) is 12.8 Å². The van der Waals surface area contributed by atoms with E-state index in [0.29, 0.717) is 12.3 Å². The number of ether oxygens (including phenoxy) is 1. The smallest absolute Gasteiger partial charge is 0.222 e. The fraction of sp³-hybridized carbons (Fsp3) is 0.833. The molecule has 0 radical (unpaired) electrons. The molecular weight excluding hydrogens is 308 g/mol. The van der Waals surface area contributed by atoms with Gasteiger partial charge in [0, 0.05) is 6.54 Å². The average molecular weight is 333 g/mol. The summed E-state index contributed by atoms with van der Waals surface area (Å²) in [5, 5.41) is 9.74. The molecule has 0 aromatic carbocycles. The molecule has 2 heterocycles. The van der Waals surface area contributed by atoms with Crippen molar-refractivity contribution in [1.82, 2.24) is 9.84 Å². The monoisotopic (exact) mass is 332 g/mol. The first kappa shape index (κ1) is 16.4. The maximum Gasteiger partial charge on any atom is 0.222 e. The minimum atomic E-state index is -3.48. The van der Waals surface area contributed by atoms with Crippen LogP contribution in [0.5, 0.6) is 0 Å². The quantitative estimate of drug-likeness (QED) is 0.624. The number of nitrogens with one attached hydrogen (secondary N) is 1. The summed E-state index contributed by atoms with van der Waals surface area (Å²) in [5.41, 5.74) is 0.511. The maximum absolute atomic E-state index is 12.6. The van der Waals surface area contributed by atoms with Gasteiger partial charge in [0.15, 0.2) is 6.23 Å². The number of rotatable bonds is 3. The molecule has 2 rings (SSSR count). The molecule has 0 spiro atoms. The van der Waals surface area contributed by atoms with E-state index in [2.05, 4.69) is 15.0 Å². The van der Waals surface area contributed by atoms with Crippen LogP contribution in [0.25, 0.3) is 0 Å². The lowest BCUT2D eigenvalue weighted by Crippen LogP contribution is -2.51. The Hall–Kier alpha value is -0.933. The van der Waals surface area contributed by atoms with Crippen molar-refractivity contribution in [1.29, 1.82) is 0 Å². The second-order valence-corrected chi connectivity index (χ2v) is 17.3. The highest BCUT2D eigenvalue weighted by molar-refractivity contribution is 8.20. The van der Waals surface area contributed by atoms with E-state index in [0.717, 1.165) is 13.0 Å². The predicted octanol–water partition coefficient (Wildman–Crippen LogP) is 1.31. The standard InChI is InChI=1S/C12H24N4O3SSi/c1-12(2,3)21(4,5)20(17,18)15-14-10-9-13-16-7-6-8-19-11(10)16/h9,11,15H,6-8H2,1-5H3. The molecular formula is C12H24N4O3SSi. The molecule has 9 heteroatoms. The number of nitrogens with zero attached hydrogens (tertiary/aromatic N) is 3. The molecule has 21 heavy (non-hydrogen) atoms. The van der Waals surface area contributed by atoms with Crippen molar-refractivity contribution in [2.45, 2.75) is 51.6 Å². The van der Waals surface area contributed by atoms with E-state index in [4.69, 9.17) is 4.74 Å². The number of fused-ring (bicyclic) bond motifs is 1. The summed E-state index contributed by atoms with van der Waals surface area (Å²) in [6.45, 7) is 11.0. The Kier molecular flexibility index (Phi) is 4.20. The van der Waals surface area contributed by atoms with Crippen LogP contribution < -0.4 is 4.83 Å². The Balaban J connectivity index is 2.15. The normalized spacial score (nSPS) is 25.3. The molecule has 1 atom stereocenters. The highest BCUT2D eigenvalue weighted by atomic mass is 32.4. The van der Waals surface area contributed by atoms with Crippen molar-refractivity contribution >= 4 is 28.6 Å². The van der Waals surface area contributed by atoms with Gasteiger partial charge in [-0.05, 0) is 11.5 Å². The molecule has 0 bridgehead atoms. The Bertz CT molecular complexity index is 566. The van der Waals surface area contributed by atoms with Crippen molar-refractivity contribution in [3.8, 4) is 0 Å². The number of hydrazone groups is 2. The minimum Gasteiger partial charge on any atom is -0.351 e. The van der Waals surface area contributed by atoms with Gasteiger partial charge in [-0.25, -0.2) is 13.2 Å². The van der Waals surface area contributed by atoms with Gasteiger partial charge >= 0.3 is 0 Å². The zero-order valence-corrected chi connectivity index (χ0v) is 15.1. The van der Waals surface area contributed by atoms with Gasteiger partial charge in [-0.2, -0.15) is 10.2 Å². The van der Waals surface area contributed by atoms with Crippen LogP contribution in [0.1, 0.15) is 27.2 Å². The van der Waals surface area contributed by atoms with E-state index >= 15 is 0 Å². The van der Waals surface area contributed by atoms with Crippen LogP contribution in [0.3, 0.4) is 0 Å². The molecule has 0 aromatic rings. The van der Waals surface area contributed by atoms with Gasteiger partial charge in [-0.1, -0.05) is 33.9 Å². The molecule has 0 aliphatic carbocycles. The van der Waals surface area contributed by atoms with Crippen LogP contribution in [0.4, 0.5) is 0 Å². The average Bonchev–Trinajstić information content (AvgIpc) is 2.78. The molecule has 2 aliphatic heterocycles. The first-order valence-corrected chi connectivity index (χ1v) is 12.3. The number of hydrogen-bond donors (Lipinski definition) is 1. The molecule has 2 aliphatic rings. The summed E-state index contributed by atoms with van der Waals surface area (Å²) in [6, 6.07) is 0. The fourth-order valence-corrected chi connectivity index (χ4v) is 6.39. The SMILES string of the molecule is CC(C)(C)[Si](C)(C)S(=O)(=O)NN=C1C=NN2CCCOC12. The Labute approximate surface area is 127 Å². The summed E-state index contributed by atoms with van der Waals surface area (Å²) in [5.74, 6) is 0. The summed E-state index contributed by atoms with van der Waals surface area (Å²) in [7, 11) is -6.07. The van der Waals surface area contributed by atoms with E-state index in [1.807, 2.05) is 33.9 Å². The van der Waals surface area contributed by atoms with Crippen LogP contribution in [-0.4, -0.2) is 52.0 Å². The fourth-order valence-electron chi connectivity index (χ4n) is 1.89. The van der Waals surface area contributed by atoms with Crippen molar-refractivity contribution in [3.63, 3.8) is 0 Å². The third-order valence-corrected chi connectivity index (χ3v) is 15.9. The summed E-state index contributed by atoms with van der Waals surface area (Å²) in [6.07, 6.45) is 2.11. The van der Waals surface area contributed by atoms with Crippen molar-refractivity contribution in [2.24, 2.45) is 10.2 Å². The zero-order chi connectivity index (χ0) is 15.9. The molecule has 7 nitrogen and oxygen atoms in total. The second-order valence-electron chi connectivity index (χ2n) is 6.88. The van der Waals surface area contributed by atoms with Gasteiger partial charge < -0.3 is 4.74 Å². The van der Waals surface area contributed by atoms with Crippen LogP contribution >= 0.6 is 0 Å². The Morgan fingerprint density at radius 3 is 2.76 bits per heavy atom. The van der Waals surface area contributed by atoms with Gasteiger partial charge in [-0.15, -0.1) is 0 Å². The van der Waals surface area contributed by atoms with E-state index in [1.54, 1.807) is 11.2 Å². The van der Waals surface area contributed by atoms with Gasteiger partial charge in [0.25, 0.3) is 0 Å². The Morgan fingerprint density at radius 1 is 1.48 bits per heavy atom. The molecule has 120 valence electrons. The van der Waals surface area contributed by atoms with Crippen molar-refractivity contribution < 1.29 is 13.2 Å². The summed E-state index contributed by atoms with van der Waals surface area (Å²) in [4.78, 5) is 2.40. The molecule has 1 saturated heterocycles. The Morgan fingerprint density at radius 2 is 2.14 bits per heavy atom. The predicted molar refractivity (Wildman–Crippen MR) is 86.2 cm³/mol. The highest BCUT2D eigenvalue weighted by Gasteiger charge is 2.48. The molecule has 1 N–H and O–H groups in total. The topological polar surface area (TPSA) is 83.4 Å². The molecule has 1 fully saturated rings. The maximum atomic E-state index is 12.6. The second kappa shape index (κ2) is 5.36. The lowest BCUT2D eigenvalue weighted by Gasteiger charge is -2.34. The van der Waals surface area contributed by atoms with Crippen molar-refractivity contribution in [2.75, 3.05) is 13.2 Å². The molecule has 0 saturated carbocycles. The van der Waals surface area contributed by atoms with E-state index in [9.17, 15) is 8.42 Å². The largest absolute Gasteiger partial charge is 0.351 e. The van der Waals surface area contributed by atoms with Crippen LogP contribution in [0.2, 0.25) is 18.1 Å². The lowest BCUT2D eigenvalue weighted by atomic mass is 10.2. The van der Waals surface area contributed by atoms with Crippen molar-refractivity contribution in [3.05, 3.63) is 0 Å². The molecule has 1 unspecified atom stereocenters. The first-order valence-electron chi connectivity index (χ1n) is 7.07. The van der Waals surface area contributed by atoms with E-state index < -0.39 is 16.7 Å². The minimum absolute atomic E-state index is 0.282. The van der Waals surface area contributed by atoms with Crippen LogP contribution in [-0.2, 0) is 14.2 Å². The molecule has 0 amide bonds. The molecule has 0 aromatic heterocycles. The van der Waals surface area contributed by atoms with E-state index in [-0.39, 0.29) is 11.3 Å². The van der Waals surface area contributed by atoms with Crippen LogP contribution in [0.15, 0.2) is 10.2 Å². The summed E-state index contributed by atoms with van der Waals surface area (Å²) < 4.78 is 30.7. The van der Waals surface area contributed by atoms with Gasteiger partial charge in [-0.3, -0.25) is 5.01 Å². The third kappa shape index (κ3) is 2.99. The summed E-state index contributed by atoms with van der Waals surface area (Å²) >= 11 is 0. The van der Waals surface area contributed by atoms with Gasteiger partial charge in [0.1, 0.15) is 5.71 Å². The van der Waals surface area contributed by atoms with Gasteiger partial charge in [0.2, 0.25) is 16.7 Å². The number of hydrogen-bond acceptors (Lipinski definition) is 6. The van der Waals surface area contributed by atoms with Crippen LogP contribution in [0, 0.1) is 0 Å². The third-order valence-electron chi connectivity index (χ3n) is 4.44. The van der Waals surface area contributed by atoms with E-state index in [1.165, 1.54) is 0 Å².